The van der Waals surface area contributed by atoms with Crippen molar-refractivity contribution in [3.05, 3.63) is 41.5 Å². The van der Waals surface area contributed by atoms with Crippen LogP contribution >= 0.6 is 0 Å². The van der Waals surface area contributed by atoms with Gasteiger partial charge in [0.05, 0.1) is 7.11 Å². The number of nitrogens with zero attached hydrogens (tertiary/aromatic N) is 2. The molecular weight excluding hydrogens is 247 g/mol. The summed E-state index contributed by atoms with van der Waals surface area (Å²) in [6, 6.07) is 7.05. The SMILES string of the molecule is COc1ccccc1Cc1nc(C(F)(F)F)n[nH]1. The minimum atomic E-state index is -4.53. The van der Waals surface area contributed by atoms with Crippen molar-refractivity contribution in [2.24, 2.45) is 0 Å². The maximum atomic E-state index is 12.3. The summed E-state index contributed by atoms with van der Waals surface area (Å²) in [5.41, 5.74) is 0.741. The molecule has 0 amide bonds. The normalized spacial score (nSPS) is 11.6. The topological polar surface area (TPSA) is 50.8 Å². The van der Waals surface area contributed by atoms with Crippen LogP contribution < -0.4 is 4.74 Å². The molecule has 4 nitrogen and oxygen atoms in total. The number of hydrogen-bond acceptors (Lipinski definition) is 3. The van der Waals surface area contributed by atoms with E-state index in [1.165, 1.54) is 7.11 Å². The van der Waals surface area contributed by atoms with Crippen LogP contribution in [-0.2, 0) is 12.6 Å². The highest BCUT2D eigenvalue weighted by molar-refractivity contribution is 5.35. The highest BCUT2D eigenvalue weighted by Crippen LogP contribution is 2.26. The third kappa shape index (κ3) is 2.61. The Balaban J connectivity index is 2.22. The average molecular weight is 257 g/mol. The number of methoxy groups -OCH3 is 1. The molecule has 18 heavy (non-hydrogen) atoms. The number of aromatic amines is 1. The monoisotopic (exact) mass is 257 g/mol. The molecule has 0 aliphatic heterocycles. The van der Waals surface area contributed by atoms with Crippen molar-refractivity contribution in [2.45, 2.75) is 12.6 Å². The van der Waals surface area contributed by atoms with Gasteiger partial charge in [-0.1, -0.05) is 18.2 Å². The Morgan fingerprint density at radius 1 is 1.28 bits per heavy atom. The number of nitrogens with one attached hydrogen (secondary N) is 1. The summed E-state index contributed by atoms with van der Waals surface area (Å²) in [6.07, 6.45) is -4.33. The highest BCUT2D eigenvalue weighted by atomic mass is 19.4. The molecule has 2 rings (SSSR count). The second-order valence-electron chi connectivity index (χ2n) is 3.59. The van der Waals surface area contributed by atoms with Crippen LogP contribution in [0.3, 0.4) is 0 Å². The molecule has 1 aromatic carbocycles. The molecule has 0 spiro atoms. The Kier molecular flexibility index (Phi) is 3.22. The summed E-state index contributed by atoms with van der Waals surface area (Å²) < 4.78 is 42.1. The summed E-state index contributed by atoms with van der Waals surface area (Å²) in [5.74, 6) is -0.415. The van der Waals surface area contributed by atoms with E-state index in [0.717, 1.165) is 5.56 Å². The van der Waals surface area contributed by atoms with Gasteiger partial charge in [-0.15, -0.1) is 5.10 Å². The Morgan fingerprint density at radius 2 is 2.00 bits per heavy atom. The molecule has 0 saturated heterocycles. The van der Waals surface area contributed by atoms with E-state index in [4.69, 9.17) is 4.74 Å². The van der Waals surface area contributed by atoms with Gasteiger partial charge in [0.25, 0.3) is 5.82 Å². The summed E-state index contributed by atoms with van der Waals surface area (Å²) in [7, 11) is 1.50. The minimum Gasteiger partial charge on any atom is -0.496 e. The maximum absolute atomic E-state index is 12.3. The van der Waals surface area contributed by atoms with Crippen LogP contribution in [-0.4, -0.2) is 22.3 Å². The number of aromatic nitrogens is 3. The predicted octanol–water partition coefficient (Wildman–Crippen LogP) is 2.42. The van der Waals surface area contributed by atoms with Crippen LogP contribution in [0.25, 0.3) is 0 Å². The maximum Gasteiger partial charge on any atom is 0.453 e. The fourth-order valence-corrected chi connectivity index (χ4v) is 1.53. The van der Waals surface area contributed by atoms with E-state index < -0.39 is 12.0 Å². The molecule has 0 radical (unpaired) electrons. The van der Waals surface area contributed by atoms with Gasteiger partial charge in [0.15, 0.2) is 0 Å². The van der Waals surface area contributed by atoms with E-state index in [-0.39, 0.29) is 12.2 Å². The Hall–Kier alpha value is -2.05. The fraction of sp³-hybridized carbons (Fsp3) is 0.273. The van der Waals surface area contributed by atoms with Gasteiger partial charge in [0, 0.05) is 12.0 Å². The van der Waals surface area contributed by atoms with Crippen LogP contribution in [0, 0.1) is 0 Å². The third-order valence-corrected chi connectivity index (χ3v) is 2.34. The zero-order valence-electron chi connectivity index (χ0n) is 9.45. The summed E-state index contributed by atoms with van der Waals surface area (Å²) in [4.78, 5) is 3.40. The molecule has 0 aliphatic rings. The average Bonchev–Trinajstić information content (AvgIpc) is 2.78. The smallest absolute Gasteiger partial charge is 0.453 e. The van der Waals surface area contributed by atoms with Gasteiger partial charge in [0.2, 0.25) is 0 Å². The lowest BCUT2D eigenvalue weighted by molar-refractivity contribution is -0.144. The standard InChI is InChI=1S/C11H10F3N3O/c1-18-8-5-3-2-4-7(8)6-9-15-10(17-16-9)11(12,13)14/h2-5H,6H2,1H3,(H,15,16,17). The van der Waals surface area contributed by atoms with Gasteiger partial charge in [-0.2, -0.15) is 13.2 Å². The van der Waals surface area contributed by atoms with E-state index in [2.05, 4.69) is 15.2 Å². The lowest BCUT2D eigenvalue weighted by Gasteiger charge is -2.05. The number of alkyl halides is 3. The first kappa shape index (κ1) is 12.4. The Morgan fingerprint density at radius 3 is 2.61 bits per heavy atom. The van der Waals surface area contributed by atoms with Crippen molar-refractivity contribution < 1.29 is 17.9 Å². The van der Waals surface area contributed by atoms with Crippen molar-refractivity contribution in [1.82, 2.24) is 15.2 Å². The first-order valence-electron chi connectivity index (χ1n) is 5.11. The van der Waals surface area contributed by atoms with E-state index in [9.17, 15) is 13.2 Å². The summed E-state index contributed by atoms with van der Waals surface area (Å²) in [6.45, 7) is 0. The van der Waals surface area contributed by atoms with Crippen LogP contribution in [0.5, 0.6) is 5.75 Å². The van der Waals surface area contributed by atoms with E-state index in [1.807, 2.05) is 0 Å². The second-order valence-corrected chi connectivity index (χ2v) is 3.59. The molecule has 0 aliphatic carbocycles. The molecule has 2 aromatic rings. The van der Waals surface area contributed by atoms with Crippen LogP contribution in [0.15, 0.2) is 24.3 Å². The number of rotatable bonds is 3. The fourth-order valence-electron chi connectivity index (χ4n) is 1.53. The highest BCUT2D eigenvalue weighted by Gasteiger charge is 2.36. The van der Waals surface area contributed by atoms with Crippen LogP contribution in [0.1, 0.15) is 17.2 Å². The van der Waals surface area contributed by atoms with Crippen molar-refractivity contribution >= 4 is 0 Å². The Bertz CT molecular complexity index is 536. The Labute approximate surface area is 101 Å². The number of para-hydroxylation sites is 1. The molecular formula is C11H10F3N3O. The zero-order chi connectivity index (χ0) is 13.2. The van der Waals surface area contributed by atoms with Crippen molar-refractivity contribution in [3.8, 4) is 5.75 Å². The molecule has 0 bridgehead atoms. The van der Waals surface area contributed by atoms with Crippen LogP contribution in [0.4, 0.5) is 13.2 Å². The lowest BCUT2D eigenvalue weighted by Crippen LogP contribution is -2.07. The van der Waals surface area contributed by atoms with E-state index in [1.54, 1.807) is 24.3 Å². The van der Waals surface area contributed by atoms with E-state index in [0.29, 0.717) is 5.75 Å². The quantitative estimate of drug-likeness (QED) is 0.918. The second kappa shape index (κ2) is 4.67. The van der Waals surface area contributed by atoms with Crippen molar-refractivity contribution in [3.63, 3.8) is 0 Å². The molecule has 1 heterocycles. The molecule has 1 aromatic heterocycles. The molecule has 0 unspecified atom stereocenters. The number of ether oxygens (including phenoxy) is 1. The van der Waals surface area contributed by atoms with Crippen LogP contribution in [0.2, 0.25) is 0 Å². The molecule has 7 heteroatoms. The molecule has 0 atom stereocenters. The van der Waals surface area contributed by atoms with Gasteiger partial charge in [-0.05, 0) is 6.07 Å². The first-order chi connectivity index (χ1) is 8.50. The zero-order valence-corrected chi connectivity index (χ0v) is 9.45. The minimum absolute atomic E-state index is 0.145. The largest absolute Gasteiger partial charge is 0.496 e. The lowest BCUT2D eigenvalue weighted by atomic mass is 10.1. The molecule has 96 valence electrons. The molecule has 0 fully saturated rings. The van der Waals surface area contributed by atoms with Gasteiger partial charge in [0.1, 0.15) is 11.6 Å². The van der Waals surface area contributed by atoms with Crippen molar-refractivity contribution in [1.29, 1.82) is 0 Å². The van der Waals surface area contributed by atoms with Gasteiger partial charge >= 0.3 is 6.18 Å². The summed E-state index contributed by atoms with van der Waals surface area (Å²) >= 11 is 0. The number of H-pyrrole nitrogens is 1. The van der Waals surface area contributed by atoms with Crippen molar-refractivity contribution in [2.75, 3.05) is 7.11 Å². The number of benzene rings is 1. The molecule has 1 N–H and O–H groups in total. The third-order valence-electron chi connectivity index (χ3n) is 2.34. The van der Waals surface area contributed by atoms with Gasteiger partial charge in [-0.25, -0.2) is 4.98 Å². The molecule has 0 saturated carbocycles. The first-order valence-corrected chi connectivity index (χ1v) is 5.11. The predicted molar refractivity (Wildman–Crippen MR) is 57.2 cm³/mol. The summed E-state index contributed by atoms with van der Waals surface area (Å²) in [5, 5.41) is 5.41. The number of halogens is 3. The van der Waals surface area contributed by atoms with E-state index >= 15 is 0 Å². The van der Waals surface area contributed by atoms with Gasteiger partial charge in [-0.3, -0.25) is 5.10 Å². The van der Waals surface area contributed by atoms with Gasteiger partial charge < -0.3 is 4.74 Å². The number of hydrogen-bond donors (Lipinski definition) is 1.